The van der Waals surface area contributed by atoms with E-state index in [0.29, 0.717) is 6.04 Å². The molecular weight excluding hydrogens is 236 g/mol. The predicted molar refractivity (Wildman–Crippen MR) is 77.8 cm³/mol. The van der Waals surface area contributed by atoms with E-state index >= 15 is 0 Å². The molecule has 1 aromatic rings. The highest BCUT2D eigenvalue weighted by atomic mass is 15.1. The summed E-state index contributed by atoms with van der Waals surface area (Å²) in [6.45, 7) is 8.64. The predicted octanol–water partition coefficient (Wildman–Crippen LogP) is 2.00. The van der Waals surface area contributed by atoms with Crippen molar-refractivity contribution in [2.24, 2.45) is 0 Å². The number of likely N-dealkylation sites (tertiary alicyclic amines) is 1. The van der Waals surface area contributed by atoms with Crippen molar-refractivity contribution in [1.82, 2.24) is 20.2 Å². The zero-order chi connectivity index (χ0) is 13.5. The van der Waals surface area contributed by atoms with E-state index in [0.717, 1.165) is 18.8 Å². The fraction of sp³-hybridized carbons (Fsp3) is 0.600. The van der Waals surface area contributed by atoms with Gasteiger partial charge in [-0.1, -0.05) is 11.6 Å². The Morgan fingerprint density at radius 1 is 1.42 bits per heavy atom. The Labute approximate surface area is 115 Å². The van der Waals surface area contributed by atoms with Crippen LogP contribution < -0.4 is 5.32 Å². The molecule has 19 heavy (non-hydrogen) atoms. The number of allylic oxidation sites excluding steroid dienone is 1. The summed E-state index contributed by atoms with van der Waals surface area (Å²) in [6.07, 6.45) is 8.17. The van der Waals surface area contributed by atoms with Crippen molar-refractivity contribution in [3.8, 4) is 0 Å². The first kappa shape index (κ1) is 14.2. The van der Waals surface area contributed by atoms with E-state index in [1.54, 1.807) is 12.5 Å². The van der Waals surface area contributed by atoms with Gasteiger partial charge in [0.15, 0.2) is 0 Å². The van der Waals surface area contributed by atoms with Crippen LogP contribution in [0, 0.1) is 0 Å². The smallest absolute Gasteiger partial charge is 0.115 e. The van der Waals surface area contributed by atoms with Gasteiger partial charge in [-0.3, -0.25) is 4.90 Å². The van der Waals surface area contributed by atoms with Crippen molar-refractivity contribution >= 4 is 0 Å². The highest BCUT2D eigenvalue weighted by Gasteiger charge is 2.17. The number of nitrogens with one attached hydrogen (secondary N) is 1. The summed E-state index contributed by atoms with van der Waals surface area (Å²) in [4.78, 5) is 10.7. The molecule has 0 aromatic carbocycles. The Morgan fingerprint density at radius 3 is 2.84 bits per heavy atom. The summed E-state index contributed by atoms with van der Waals surface area (Å²) in [6, 6.07) is 2.59. The maximum Gasteiger partial charge on any atom is 0.115 e. The first-order valence-corrected chi connectivity index (χ1v) is 7.08. The number of piperidine rings is 1. The minimum atomic E-state index is 0.623. The summed E-state index contributed by atoms with van der Waals surface area (Å²) in [5, 5.41) is 3.59. The van der Waals surface area contributed by atoms with Gasteiger partial charge in [0, 0.05) is 25.3 Å². The molecule has 0 bridgehead atoms. The van der Waals surface area contributed by atoms with Crippen molar-refractivity contribution in [2.45, 2.75) is 39.3 Å². The lowest BCUT2D eigenvalue weighted by molar-refractivity contribution is 0.214. The third-order valence-electron chi connectivity index (χ3n) is 3.56. The second-order valence-electron chi connectivity index (χ2n) is 5.44. The van der Waals surface area contributed by atoms with Crippen LogP contribution in [0.15, 0.2) is 30.2 Å². The van der Waals surface area contributed by atoms with E-state index in [1.807, 2.05) is 6.07 Å². The van der Waals surface area contributed by atoms with Gasteiger partial charge in [0.25, 0.3) is 0 Å². The van der Waals surface area contributed by atoms with Crippen molar-refractivity contribution in [3.63, 3.8) is 0 Å². The summed E-state index contributed by atoms with van der Waals surface area (Å²) in [5.74, 6) is 0. The Morgan fingerprint density at radius 2 is 2.21 bits per heavy atom. The number of hydrogen-bond acceptors (Lipinski definition) is 4. The summed E-state index contributed by atoms with van der Waals surface area (Å²) >= 11 is 0. The topological polar surface area (TPSA) is 41.0 Å². The highest BCUT2D eigenvalue weighted by Crippen LogP contribution is 2.11. The van der Waals surface area contributed by atoms with Gasteiger partial charge in [-0.15, -0.1) is 0 Å². The molecule has 0 saturated carbocycles. The van der Waals surface area contributed by atoms with Gasteiger partial charge in [-0.2, -0.15) is 0 Å². The third-order valence-corrected chi connectivity index (χ3v) is 3.56. The van der Waals surface area contributed by atoms with E-state index in [-0.39, 0.29) is 0 Å². The molecule has 4 nitrogen and oxygen atoms in total. The maximum absolute atomic E-state index is 4.24. The van der Waals surface area contributed by atoms with Crippen LogP contribution >= 0.6 is 0 Å². The Bertz CT molecular complexity index is 390. The summed E-state index contributed by atoms with van der Waals surface area (Å²) in [5.41, 5.74) is 2.48. The van der Waals surface area contributed by atoms with Crippen LogP contribution in [0.3, 0.4) is 0 Å². The van der Waals surface area contributed by atoms with E-state index in [9.17, 15) is 0 Å². The second kappa shape index (κ2) is 7.36. The molecule has 1 aliphatic rings. The van der Waals surface area contributed by atoms with Gasteiger partial charge >= 0.3 is 0 Å². The Balaban J connectivity index is 1.68. The van der Waals surface area contributed by atoms with Crippen molar-refractivity contribution in [3.05, 3.63) is 35.9 Å². The average molecular weight is 260 g/mol. The number of nitrogens with zero attached hydrogens (tertiary/aromatic N) is 3. The van der Waals surface area contributed by atoms with Gasteiger partial charge in [-0.25, -0.2) is 9.97 Å². The minimum absolute atomic E-state index is 0.623. The summed E-state index contributed by atoms with van der Waals surface area (Å²) in [7, 11) is 0. The molecule has 4 heteroatoms. The normalized spacial score (nSPS) is 17.4. The van der Waals surface area contributed by atoms with Crippen molar-refractivity contribution in [1.29, 1.82) is 0 Å². The average Bonchev–Trinajstić information content (AvgIpc) is 2.45. The van der Waals surface area contributed by atoms with Crippen molar-refractivity contribution < 1.29 is 0 Å². The van der Waals surface area contributed by atoms with Crippen LogP contribution in [-0.2, 0) is 6.54 Å². The van der Waals surface area contributed by atoms with Gasteiger partial charge < -0.3 is 5.32 Å². The number of hydrogen-bond donors (Lipinski definition) is 1. The molecule has 1 aromatic heterocycles. The fourth-order valence-corrected chi connectivity index (χ4v) is 2.30. The molecule has 1 N–H and O–H groups in total. The van der Waals surface area contributed by atoms with Crippen LogP contribution in [0.5, 0.6) is 0 Å². The molecule has 0 radical (unpaired) electrons. The molecule has 1 saturated heterocycles. The minimum Gasteiger partial charge on any atom is -0.308 e. The van der Waals surface area contributed by atoms with Crippen LogP contribution in [0.25, 0.3) is 0 Å². The molecule has 2 rings (SSSR count). The van der Waals surface area contributed by atoms with E-state index in [2.05, 4.69) is 40.1 Å². The lowest BCUT2D eigenvalue weighted by Crippen LogP contribution is -2.42. The van der Waals surface area contributed by atoms with Crippen LogP contribution in [-0.4, -0.2) is 40.5 Å². The maximum atomic E-state index is 4.24. The Kier molecular flexibility index (Phi) is 5.48. The SMILES string of the molecule is CC(C)=CCN1CCC(NCc2ccncn2)CC1. The van der Waals surface area contributed by atoms with Crippen LogP contribution in [0.1, 0.15) is 32.4 Å². The Hall–Kier alpha value is -1.26. The van der Waals surface area contributed by atoms with Crippen LogP contribution in [0.2, 0.25) is 0 Å². The molecule has 104 valence electrons. The van der Waals surface area contributed by atoms with Gasteiger partial charge in [-0.05, 0) is 45.8 Å². The van der Waals surface area contributed by atoms with Crippen LogP contribution in [0.4, 0.5) is 0 Å². The van der Waals surface area contributed by atoms with Crippen molar-refractivity contribution in [2.75, 3.05) is 19.6 Å². The van der Waals surface area contributed by atoms with Gasteiger partial charge in [0.1, 0.15) is 6.33 Å². The standard InChI is InChI=1S/C15H24N4/c1-13(2)4-8-19-9-5-14(6-10-19)17-11-15-3-7-16-12-18-15/h3-4,7,12,14,17H,5-6,8-11H2,1-2H3. The molecule has 0 aliphatic carbocycles. The zero-order valence-corrected chi connectivity index (χ0v) is 12.0. The van der Waals surface area contributed by atoms with E-state index in [1.165, 1.54) is 31.5 Å². The lowest BCUT2D eigenvalue weighted by atomic mass is 10.0. The largest absolute Gasteiger partial charge is 0.308 e. The molecule has 0 atom stereocenters. The zero-order valence-electron chi connectivity index (χ0n) is 12.0. The van der Waals surface area contributed by atoms with E-state index < -0.39 is 0 Å². The van der Waals surface area contributed by atoms with E-state index in [4.69, 9.17) is 0 Å². The molecular formula is C15H24N4. The fourth-order valence-electron chi connectivity index (χ4n) is 2.30. The first-order valence-electron chi connectivity index (χ1n) is 7.08. The quantitative estimate of drug-likeness (QED) is 0.822. The summed E-state index contributed by atoms with van der Waals surface area (Å²) < 4.78 is 0. The molecule has 1 aliphatic heterocycles. The number of aromatic nitrogens is 2. The third kappa shape index (κ3) is 5.09. The molecule has 0 amide bonds. The number of rotatable bonds is 5. The first-order chi connectivity index (χ1) is 9.24. The molecule has 0 unspecified atom stereocenters. The lowest BCUT2D eigenvalue weighted by Gasteiger charge is -2.31. The molecule has 2 heterocycles. The van der Waals surface area contributed by atoms with Gasteiger partial charge in [0.05, 0.1) is 5.69 Å². The molecule has 0 spiro atoms. The highest BCUT2D eigenvalue weighted by molar-refractivity contribution is 4.98. The molecule has 1 fully saturated rings. The monoisotopic (exact) mass is 260 g/mol. The van der Waals surface area contributed by atoms with Gasteiger partial charge in [0.2, 0.25) is 0 Å². The second-order valence-corrected chi connectivity index (χ2v) is 5.44.